The Morgan fingerprint density at radius 1 is 1.33 bits per heavy atom. The fourth-order valence-electron chi connectivity index (χ4n) is 1.73. The Balaban J connectivity index is 2.07. The summed E-state index contributed by atoms with van der Waals surface area (Å²) in [7, 11) is 0. The number of benzene rings is 1. The lowest BCUT2D eigenvalue weighted by Crippen LogP contribution is -2.09. The Morgan fingerprint density at radius 2 is 2.11 bits per heavy atom. The van der Waals surface area contributed by atoms with E-state index >= 15 is 0 Å². The molecule has 1 atom stereocenters. The highest BCUT2D eigenvalue weighted by atomic mass is 16.1. The molecular weight excluding hydrogens is 228 g/mol. The Bertz CT molecular complexity index is 522. The lowest BCUT2D eigenvalue weighted by molar-refractivity contribution is -0.114. The SMILES string of the molecule is CC(=O)Nc1cccc(NC(C)c2ccn[nH]2)c1. The van der Waals surface area contributed by atoms with E-state index in [1.54, 1.807) is 6.20 Å². The van der Waals surface area contributed by atoms with Gasteiger partial charge in [-0.2, -0.15) is 5.10 Å². The summed E-state index contributed by atoms with van der Waals surface area (Å²) in [6.45, 7) is 3.53. The zero-order valence-corrected chi connectivity index (χ0v) is 10.4. The standard InChI is InChI=1S/C13H16N4O/c1-9(13-6-7-14-17-13)15-11-4-3-5-12(8-11)16-10(2)18/h3-9,15H,1-2H3,(H,14,17)(H,16,18). The first kappa shape index (κ1) is 12.2. The molecule has 0 bridgehead atoms. The molecule has 0 spiro atoms. The topological polar surface area (TPSA) is 69.8 Å². The average molecular weight is 244 g/mol. The quantitative estimate of drug-likeness (QED) is 0.774. The zero-order valence-electron chi connectivity index (χ0n) is 10.4. The van der Waals surface area contributed by atoms with Gasteiger partial charge in [-0.25, -0.2) is 0 Å². The molecular formula is C13H16N4O. The minimum Gasteiger partial charge on any atom is -0.377 e. The van der Waals surface area contributed by atoms with Gasteiger partial charge in [0.15, 0.2) is 0 Å². The van der Waals surface area contributed by atoms with Gasteiger partial charge in [0.2, 0.25) is 5.91 Å². The zero-order chi connectivity index (χ0) is 13.0. The lowest BCUT2D eigenvalue weighted by Gasteiger charge is -2.14. The summed E-state index contributed by atoms with van der Waals surface area (Å²) >= 11 is 0. The molecule has 1 heterocycles. The summed E-state index contributed by atoms with van der Waals surface area (Å²) in [6, 6.07) is 9.66. The van der Waals surface area contributed by atoms with Crippen molar-refractivity contribution in [3.63, 3.8) is 0 Å². The minimum atomic E-state index is -0.0752. The Hall–Kier alpha value is -2.30. The van der Waals surface area contributed by atoms with E-state index in [1.807, 2.05) is 37.3 Å². The molecule has 0 aliphatic heterocycles. The van der Waals surface area contributed by atoms with Gasteiger partial charge in [0.1, 0.15) is 0 Å². The van der Waals surface area contributed by atoms with Gasteiger partial charge in [0, 0.05) is 24.5 Å². The predicted octanol–water partition coefficient (Wildman–Crippen LogP) is 2.54. The first-order valence-corrected chi connectivity index (χ1v) is 5.78. The molecule has 0 fully saturated rings. The van der Waals surface area contributed by atoms with E-state index in [4.69, 9.17) is 0 Å². The minimum absolute atomic E-state index is 0.0752. The molecule has 2 aromatic rings. The number of hydrogen-bond acceptors (Lipinski definition) is 3. The van der Waals surface area contributed by atoms with Crippen LogP contribution >= 0.6 is 0 Å². The smallest absolute Gasteiger partial charge is 0.221 e. The van der Waals surface area contributed by atoms with Gasteiger partial charge in [-0.05, 0) is 31.2 Å². The van der Waals surface area contributed by atoms with Crippen molar-refractivity contribution in [1.29, 1.82) is 0 Å². The van der Waals surface area contributed by atoms with E-state index in [-0.39, 0.29) is 11.9 Å². The summed E-state index contributed by atoms with van der Waals surface area (Å²) in [5.41, 5.74) is 2.74. The average Bonchev–Trinajstić information content (AvgIpc) is 2.81. The molecule has 0 aliphatic carbocycles. The highest BCUT2D eigenvalue weighted by Gasteiger charge is 2.06. The maximum Gasteiger partial charge on any atom is 0.221 e. The Labute approximate surface area is 106 Å². The fourth-order valence-corrected chi connectivity index (χ4v) is 1.73. The van der Waals surface area contributed by atoms with Crippen LogP contribution < -0.4 is 10.6 Å². The molecule has 0 saturated carbocycles. The monoisotopic (exact) mass is 244 g/mol. The van der Waals surface area contributed by atoms with Crippen molar-refractivity contribution in [2.75, 3.05) is 10.6 Å². The third-order valence-electron chi connectivity index (χ3n) is 2.55. The summed E-state index contributed by atoms with van der Waals surface area (Å²) in [5.74, 6) is -0.0752. The predicted molar refractivity (Wildman–Crippen MR) is 71.4 cm³/mol. The molecule has 5 nitrogen and oxygen atoms in total. The summed E-state index contributed by atoms with van der Waals surface area (Å²) in [4.78, 5) is 11.0. The molecule has 0 radical (unpaired) electrons. The second-order valence-electron chi connectivity index (χ2n) is 4.14. The number of nitrogens with zero attached hydrogens (tertiary/aromatic N) is 1. The first-order chi connectivity index (χ1) is 8.65. The molecule has 1 aromatic heterocycles. The van der Waals surface area contributed by atoms with Crippen LogP contribution in [0.1, 0.15) is 25.6 Å². The van der Waals surface area contributed by atoms with Crippen molar-refractivity contribution < 1.29 is 4.79 Å². The number of hydrogen-bond donors (Lipinski definition) is 3. The second-order valence-corrected chi connectivity index (χ2v) is 4.14. The van der Waals surface area contributed by atoms with E-state index in [9.17, 15) is 4.79 Å². The number of amides is 1. The molecule has 0 saturated heterocycles. The molecule has 5 heteroatoms. The number of H-pyrrole nitrogens is 1. The molecule has 2 rings (SSSR count). The third-order valence-corrected chi connectivity index (χ3v) is 2.55. The van der Waals surface area contributed by atoms with Gasteiger partial charge in [-0.1, -0.05) is 6.07 Å². The van der Waals surface area contributed by atoms with E-state index in [1.165, 1.54) is 6.92 Å². The lowest BCUT2D eigenvalue weighted by atomic mass is 10.2. The van der Waals surface area contributed by atoms with E-state index < -0.39 is 0 Å². The van der Waals surface area contributed by atoms with Crippen molar-refractivity contribution in [2.24, 2.45) is 0 Å². The van der Waals surface area contributed by atoms with Crippen molar-refractivity contribution in [3.05, 3.63) is 42.2 Å². The number of nitrogens with one attached hydrogen (secondary N) is 3. The highest BCUT2D eigenvalue weighted by molar-refractivity contribution is 5.89. The largest absolute Gasteiger partial charge is 0.377 e. The molecule has 1 unspecified atom stereocenters. The molecule has 18 heavy (non-hydrogen) atoms. The molecule has 1 amide bonds. The fraction of sp³-hybridized carbons (Fsp3) is 0.231. The first-order valence-electron chi connectivity index (χ1n) is 5.78. The maximum atomic E-state index is 11.0. The van der Waals surface area contributed by atoms with Crippen LogP contribution in [0.3, 0.4) is 0 Å². The van der Waals surface area contributed by atoms with Crippen molar-refractivity contribution >= 4 is 17.3 Å². The van der Waals surface area contributed by atoms with Crippen LogP contribution in [0.5, 0.6) is 0 Å². The van der Waals surface area contributed by atoms with Crippen LogP contribution in [0.2, 0.25) is 0 Å². The van der Waals surface area contributed by atoms with Crippen molar-refractivity contribution in [3.8, 4) is 0 Å². The van der Waals surface area contributed by atoms with Crippen LogP contribution in [0.15, 0.2) is 36.5 Å². The van der Waals surface area contributed by atoms with Crippen LogP contribution in [-0.4, -0.2) is 16.1 Å². The summed E-state index contributed by atoms with van der Waals surface area (Å²) < 4.78 is 0. The number of anilines is 2. The van der Waals surface area contributed by atoms with Gasteiger partial charge in [0.05, 0.1) is 11.7 Å². The third kappa shape index (κ3) is 3.10. The molecule has 1 aromatic carbocycles. The van der Waals surface area contributed by atoms with Crippen molar-refractivity contribution in [2.45, 2.75) is 19.9 Å². The Kier molecular flexibility index (Phi) is 3.62. The molecule has 0 aliphatic rings. The maximum absolute atomic E-state index is 11.0. The van der Waals surface area contributed by atoms with E-state index in [0.29, 0.717) is 0 Å². The number of rotatable bonds is 4. The summed E-state index contributed by atoms with van der Waals surface area (Å²) in [6.07, 6.45) is 1.72. The number of carbonyl (C=O) groups excluding carboxylic acids is 1. The molecule has 3 N–H and O–H groups in total. The van der Waals surface area contributed by atoms with Crippen LogP contribution in [0, 0.1) is 0 Å². The number of aromatic nitrogens is 2. The van der Waals surface area contributed by atoms with E-state index in [2.05, 4.69) is 20.8 Å². The summed E-state index contributed by atoms with van der Waals surface area (Å²) in [5, 5.41) is 12.9. The normalized spacial score (nSPS) is 11.9. The highest BCUT2D eigenvalue weighted by Crippen LogP contribution is 2.20. The second kappa shape index (κ2) is 5.35. The van der Waals surface area contributed by atoms with Gasteiger partial charge >= 0.3 is 0 Å². The van der Waals surface area contributed by atoms with Gasteiger partial charge < -0.3 is 10.6 Å². The number of aromatic amines is 1. The van der Waals surface area contributed by atoms with Gasteiger partial charge in [0.25, 0.3) is 0 Å². The van der Waals surface area contributed by atoms with Gasteiger partial charge in [-0.15, -0.1) is 0 Å². The van der Waals surface area contributed by atoms with Crippen LogP contribution in [0.25, 0.3) is 0 Å². The number of carbonyl (C=O) groups is 1. The van der Waals surface area contributed by atoms with Crippen molar-refractivity contribution in [1.82, 2.24) is 10.2 Å². The van der Waals surface area contributed by atoms with Crippen LogP contribution in [-0.2, 0) is 4.79 Å². The van der Waals surface area contributed by atoms with Gasteiger partial charge in [-0.3, -0.25) is 9.89 Å². The molecule has 94 valence electrons. The van der Waals surface area contributed by atoms with E-state index in [0.717, 1.165) is 17.1 Å². The Morgan fingerprint density at radius 3 is 2.78 bits per heavy atom. The van der Waals surface area contributed by atoms with Crippen LogP contribution in [0.4, 0.5) is 11.4 Å².